The van der Waals surface area contributed by atoms with E-state index in [4.69, 9.17) is 5.11 Å². The zero-order chi connectivity index (χ0) is 20.9. The van der Waals surface area contributed by atoms with Crippen molar-refractivity contribution in [3.63, 3.8) is 0 Å². The minimum atomic E-state index is -3.78. The number of aryl methyl sites for hydroxylation is 1. The van der Waals surface area contributed by atoms with Gasteiger partial charge in [0.1, 0.15) is 5.82 Å². The fraction of sp³-hybridized carbons (Fsp3) is 0.476. The molecular weight excluding hydrogens is 413 g/mol. The van der Waals surface area contributed by atoms with Crippen molar-refractivity contribution in [3.8, 4) is 0 Å². The van der Waals surface area contributed by atoms with Gasteiger partial charge in [-0.05, 0) is 68.0 Å². The van der Waals surface area contributed by atoms with Crippen LogP contribution in [0.5, 0.6) is 0 Å². The lowest BCUT2D eigenvalue weighted by Gasteiger charge is -2.30. The molecule has 0 spiro atoms. The quantitative estimate of drug-likeness (QED) is 0.582. The van der Waals surface area contributed by atoms with Gasteiger partial charge in [0, 0.05) is 16.2 Å². The molecular formula is C21H26FNO4S2. The number of carboxylic acid groups (broad SMARTS) is 1. The van der Waals surface area contributed by atoms with Gasteiger partial charge in [-0.15, -0.1) is 11.3 Å². The lowest BCUT2D eigenvalue weighted by molar-refractivity contribution is -0.137. The Hall–Kier alpha value is -1.77. The third kappa shape index (κ3) is 6.10. The van der Waals surface area contributed by atoms with Crippen molar-refractivity contribution < 1.29 is 22.7 Å². The molecule has 0 aliphatic heterocycles. The highest BCUT2D eigenvalue weighted by atomic mass is 32.2. The van der Waals surface area contributed by atoms with Crippen LogP contribution in [0.2, 0.25) is 0 Å². The summed E-state index contributed by atoms with van der Waals surface area (Å²) in [5, 5.41) is 8.81. The maximum atomic E-state index is 13.2. The third-order valence-electron chi connectivity index (χ3n) is 5.33. The molecule has 1 fully saturated rings. The minimum absolute atomic E-state index is 0.0537. The highest BCUT2D eigenvalue weighted by molar-refractivity contribution is 7.89. The second-order valence-electron chi connectivity index (χ2n) is 7.50. The molecule has 1 saturated carbocycles. The number of rotatable bonds is 9. The van der Waals surface area contributed by atoms with E-state index in [0.29, 0.717) is 12.8 Å². The molecule has 1 aliphatic carbocycles. The van der Waals surface area contributed by atoms with Crippen molar-refractivity contribution in [2.45, 2.75) is 62.3 Å². The highest BCUT2D eigenvalue weighted by Gasteiger charge is 2.30. The van der Waals surface area contributed by atoms with Crippen molar-refractivity contribution in [1.29, 1.82) is 0 Å². The number of halogens is 1. The molecule has 2 aromatic rings. The van der Waals surface area contributed by atoms with Crippen LogP contribution in [-0.4, -0.2) is 19.5 Å². The van der Waals surface area contributed by atoms with Crippen LogP contribution in [0.3, 0.4) is 0 Å². The standard InChI is InChI=1S/C21H26FNO4S2/c22-16-9-12-18(13-10-16)29(26,27)23-21(15-5-2-1-3-6-15)19-14-11-17(28-19)7-4-8-20(24)25/h9-15,21,23H,1-8H2,(H,24,25). The van der Waals surface area contributed by atoms with E-state index in [2.05, 4.69) is 4.72 Å². The van der Waals surface area contributed by atoms with Gasteiger partial charge in [-0.2, -0.15) is 0 Å². The number of benzene rings is 1. The zero-order valence-electron chi connectivity index (χ0n) is 16.1. The van der Waals surface area contributed by atoms with Crippen LogP contribution >= 0.6 is 11.3 Å². The smallest absolute Gasteiger partial charge is 0.303 e. The first-order valence-corrected chi connectivity index (χ1v) is 12.2. The first kappa shape index (κ1) is 21.9. The first-order chi connectivity index (χ1) is 13.8. The Morgan fingerprint density at radius 2 is 1.83 bits per heavy atom. The number of nitrogens with one attached hydrogen (secondary N) is 1. The molecule has 1 aliphatic rings. The molecule has 0 saturated heterocycles. The molecule has 0 amide bonds. The predicted octanol–water partition coefficient (Wildman–Crippen LogP) is 4.89. The Kier molecular flexibility index (Phi) is 7.43. The average Bonchev–Trinajstić information content (AvgIpc) is 3.15. The molecule has 2 N–H and O–H groups in total. The lowest BCUT2D eigenvalue weighted by atomic mass is 9.84. The minimum Gasteiger partial charge on any atom is -0.481 e. The molecule has 1 atom stereocenters. The van der Waals surface area contributed by atoms with Gasteiger partial charge in [-0.1, -0.05) is 19.3 Å². The number of hydrogen-bond donors (Lipinski definition) is 2. The number of carboxylic acids is 1. The molecule has 1 unspecified atom stereocenters. The topological polar surface area (TPSA) is 83.5 Å². The molecule has 3 rings (SSSR count). The van der Waals surface area contributed by atoms with Gasteiger partial charge in [0.25, 0.3) is 0 Å². The Bertz CT molecular complexity index is 918. The summed E-state index contributed by atoms with van der Waals surface area (Å²) in [5.41, 5.74) is 0. The predicted molar refractivity (Wildman–Crippen MR) is 111 cm³/mol. The van der Waals surface area contributed by atoms with E-state index >= 15 is 0 Å². The van der Waals surface area contributed by atoms with Crippen molar-refractivity contribution >= 4 is 27.3 Å². The highest BCUT2D eigenvalue weighted by Crippen LogP contribution is 2.38. The van der Waals surface area contributed by atoms with Gasteiger partial charge in [-0.3, -0.25) is 4.79 Å². The van der Waals surface area contributed by atoms with Crippen molar-refractivity contribution in [3.05, 3.63) is 52.0 Å². The molecule has 1 aromatic heterocycles. The summed E-state index contributed by atoms with van der Waals surface area (Å²) in [5.74, 6) is -1.07. The summed E-state index contributed by atoms with van der Waals surface area (Å²) < 4.78 is 41.9. The van der Waals surface area contributed by atoms with Gasteiger partial charge in [0.15, 0.2) is 0 Å². The van der Waals surface area contributed by atoms with Crippen LogP contribution in [0.15, 0.2) is 41.3 Å². The molecule has 5 nitrogen and oxygen atoms in total. The lowest BCUT2D eigenvalue weighted by Crippen LogP contribution is -2.34. The number of carbonyl (C=O) groups is 1. The second kappa shape index (κ2) is 9.82. The summed E-state index contributed by atoms with van der Waals surface area (Å²) in [7, 11) is -3.78. The van der Waals surface area contributed by atoms with E-state index in [-0.39, 0.29) is 23.3 Å². The fourth-order valence-electron chi connectivity index (χ4n) is 3.81. The normalized spacial score (nSPS) is 16.6. The molecule has 1 heterocycles. The van der Waals surface area contributed by atoms with Crippen LogP contribution < -0.4 is 4.72 Å². The van der Waals surface area contributed by atoms with Crippen LogP contribution in [0.25, 0.3) is 0 Å². The van der Waals surface area contributed by atoms with Crippen LogP contribution in [0, 0.1) is 11.7 Å². The SMILES string of the molecule is O=C(O)CCCc1ccc(C(NS(=O)(=O)c2ccc(F)cc2)C2CCCCC2)s1. The van der Waals surface area contributed by atoms with Gasteiger partial charge >= 0.3 is 5.97 Å². The van der Waals surface area contributed by atoms with Crippen molar-refractivity contribution in [2.75, 3.05) is 0 Å². The second-order valence-corrected chi connectivity index (χ2v) is 10.4. The molecule has 0 radical (unpaired) electrons. The summed E-state index contributed by atoms with van der Waals surface area (Å²) in [4.78, 5) is 12.8. The summed E-state index contributed by atoms with van der Waals surface area (Å²) in [6, 6.07) is 8.44. The van der Waals surface area contributed by atoms with Gasteiger partial charge in [-0.25, -0.2) is 17.5 Å². The van der Waals surface area contributed by atoms with E-state index in [1.165, 1.54) is 18.6 Å². The molecule has 8 heteroatoms. The van der Waals surface area contributed by atoms with E-state index in [1.54, 1.807) is 11.3 Å². The Balaban J connectivity index is 1.80. The summed E-state index contributed by atoms with van der Waals surface area (Å²) in [6.07, 6.45) is 6.59. The monoisotopic (exact) mass is 439 g/mol. The fourth-order valence-corrected chi connectivity index (χ4v) is 6.37. The van der Waals surface area contributed by atoms with Gasteiger partial charge in [0.05, 0.1) is 10.9 Å². The molecule has 29 heavy (non-hydrogen) atoms. The van der Waals surface area contributed by atoms with Gasteiger partial charge < -0.3 is 5.11 Å². The molecule has 1 aromatic carbocycles. The van der Waals surface area contributed by atoms with Crippen LogP contribution in [0.1, 0.15) is 60.7 Å². The Morgan fingerprint density at radius 1 is 1.14 bits per heavy atom. The van der Waals surface area contributed by atoms with Crippen LogP contribution in [0.4, 0.5) is 4.39 Å². The molecule has 0 bridgehead atoms. The number of hydrogen-bond acceptors (Lipinski definition) is 4. The van der Waals surface area contributed by atoms with E-state index in [0.717, 1.165) is 47.6 Å². The van der Waals surface area contributed by atoms with Crippen molar-refractivity contribution in [2.24, 2.45) is 5.92 Å². The number of thiophene rings is 1. The summed E-state index contributed by atoms with van der Waals surface area (Å²) >= 11 is 1.54. The number of aliphatic carboxylic acids is 1. The number of sulfonamides is 1. The average molecular weight is 440 g/mol. The van der Waals surface area contributed by atoms with E-state index in [1.807, 2.05) is 12.1 Å². The largest absolute Gasteiger partial charge is 0.481 e. The first-order valence-electron chi connectivity index (χ1n) is 9.93. The van der Waals surface area contributed by atoms with Crippen molar-refractivity contribution in [1.82, 2.24) is 4.72 Å². The van der Waals surface area contributed by atoms with Crippen LogP contribution in [-0.2, 0) is 21.2 Å². The maximum Gasteiger partial charge on any atom is 0.303 e. The summed E-state index contributed by atoms with van der Waals surface area (Å²) in [6.45, 7) is 0. The van der Waals surface area contributed by atoms with E-state index < -0.39 is 21.8 Å². The zero-order valence-corrected chi connectivity index (χ0v) is 17.8. The molecule has 158 valence electrons. The maximum absolute atomic E-state index is 13.2. The van der Waals surface area contributed by atoms with Gasteiger partial charge in [0.2, 0.25) is 10.0 Å². The third-order valence-corrected chi connectivity index (χ3v) is 8.02. The Labute approximate surface area is 175 Å². The van der Waals surface area contributed by atoms with E-state index in [9.17, 15) is 17.6 Å². The Morgan fingerprint density at radius 3 is 2.48 bits per heavy atom.